The molecule has 0 spiro atoms. The Hall–Kier alpha value is -1.08. The van der Waals surface area contributed by atoms with E-state index in [0.717, 1.165) is 15.7 Å². The average molecular weight is 406 g/mol. The summed E-state index contributed by atoms with van der Waals surface area (Å²) < 4.78 is 39.1. The van der Waals surface area contributed by atoms with Crippen LogP contribution < -0.4 is 0 Å². The highest BCUT2D eigenvalue weighted by Crippen LogP contribution is 2.32. The molecule has 0 radical (unpaired) electrons. The van der Waals surface area contributed by atoms with Gasteiger partial charge in [-0.1, -0.05) is 30.3 Å². The molecular weight excluding hydrogens is 392 g/mol. The van der Waals surface area contributed by atoms with Crippen LogP contribution in [0.25, 0.3) is 0 Å². The molecule has 1 atom stereocenters. The quantitative estimate of drug-likeness (QED) is 0.729. The van der Waals surface area contributed by atoms with E-state index in [1.165, 1.54) is 6.07 Å². The Labute approximate surface area is 135 Å². The van der Waals surface area contributed by atoms with Gasteiger partial charge in [-0.2, -0.15) is 13.2 Å². The first-order valence-electron chi connectivity index (χ1n) is 6.33. The lowest BCUT2D eigenvalue weighted by atomic mass is 9.88. The Morgan fingerprint density at radius 3 is 2.19 bits per heavy atom. The smallest absolute Gasteiger partial charge is 0.385 e. The predicted octanol–water partition coefficient (Wildman–Crippen LogP) is 4.76. The van der Waals surface area contributed by atoms with Gasteiger partial charge in [0.15, 0.2) is 0 Å². The van der Waals surface area contributed by atoms with E-state index in [9.17, 15) is 18.3 Å². The third-order valence-corrected chi connectivity index (χ3v) is 3.99. The zero-order valence-corrected chi connectivity index (χ0v) is 13.4. The van der Waals surface area contributed by atoms with Gasteiger partial charge < -0.3 is 5.11 Å². The lowest BCUT2D eigenvalue weighted by Gasteiger charge is -2.24. The topological polar surface area (TPSA) is 20.2 Å². The van der Waals surface area contributed by atoms with Crippen molar-refractivity contribution in [2.75, 3.05) is 0 Å². The lowest BCUT2D eigenvalue weighted by Crippen LogP contribution is -2.24. The molecule has 1 unspecified atom stereocenters. The molecule has 21 heavy (non-hydrogen) atoms. The second kappa shape index (κ2) is 5.96. The fourth-order valence-corrected chi connectivity index (χ4v) is 2.53. The fraction of sp³-hybridized carbons (Fsp3) is 0.250. The van der Waals surface area contributed by atoms with Crippen molar-refractivity contribution in [1.29, 1.82) is 0 Å². The third kappa shape index (κ3) is 4.20. The van der Waals surface area contributed by atoms with Gasteiger partial charge >= 0.3 is 6.18 Å². The summed E-state index contributed by atoms with van der Waals surface area (Å²) in [7, 11) is 0. The largest absolute Gasteiger partial charge is 0.416 e. The molecule has 2 aromatic rings. The van der Waals surface area contributed by atoms with Crippen LogP contribution in [0.3, 0.4) is 0 Å². The molecule has 5 heteroatoms. The van der Waals surface area contributed by atoms with Gasteiger partial charge in [0, 0.05) is 9.99 Å². The molecule has 2 rings (SSSR count). The number of rotatable bonds is 3. The Balaban J connectivity index is 2.26. The molecule has 0 aliphatic rings. The minimum absolute atomic E-state index is 0.123. The van der Waals surface area contributed by atoms with Gasteiger partial charge in [0.25, 0.3) is 0 Å². The second-order valence-corrected chi connectivity index (χ2v) is 6.40. The van der Waals surface area contributed by atoms with Crippen LogP contribution in [0.4, 0.5) is 13.2 Å². The maximum absolute atomic E-state index is 12.7. The Bertz CT molecular complexity index is 618. The molecule has 0 heterocycles. The molecule has 2 aromatic carbocycles. The standard InChI is InChI=1S/C16H14F3IO/c1-15(21,12-5-7-14(20)8-6-12)10-11-3-2-4-13(9-11)16(17,18)19/h2-9,21H,10H2,1H3. The van der Waals surface area contributed by atoms with E-state index in [4.69, 9.17) is 0 Å². The van der Waals surface area contributed by atoms with Crippen molar-refractivity contribution in [3.8, 4) is 0 Å². The molecule has 0 saturated heterocycles. The monoisotopic (exact) mass is 406 g/mol. The number of benzene rings is 2. The fourth-order valence-electron chi connectivity index (χ4n) is 2.17. The summed E-state index contributed by atoms with van der Waals surface area (Å²) in [5.41, 5.74) is -0.777. The van der Waals surface area contributed by atoms with E-state index >= 15 is 0 Å². The molecular formula is C16H14F3IO. The summed E-state index contributed by atoms with van der Waals surface area (Å²) in [6, 6.07) is 12.4. The Morgan fingerprint density at radius 2 is 1.62 bits per heavy atom. The van der Waals surface area contributed by atoms with Crippen LogP contribution in [0.2, 0.25) is 0 Å². The molecule has 112 valence electrons. The highest BCUT2D eigenvalue weighted by molar-refractivity contribution is 14.1. The van der Waals surface area contributed by atoms with Gasteiger partial charge in [0.05, 0.1) is 11.2 Å². The molecule has 1 nitrogen and oxygen atoms in total. The number of hydrogen-bond acceptors (Lipinski definition) is 1. The van der Waals surface area contributed by atoms with Gasteiger partial charge in [-0.15, -0.1) is 0 Å². The third-order valence-electron chi connectivity index (χ3n) is 3.27. The van der Waals surface area contributed by atoms with E-state index in [1.54, 1.807) is 25.1 Å². The SMILES string of the molecule is CC(O)(Cc1cccc(C(F)(F)F)c1)c1ccc(I)cc1. The van der Waals surface area contributed by atoms with Crippen LogP contribution in [0.5, 0.6) is 0 Å². The summed E-state index contributed by atoms with van der Waals surface area (Å²) in [5, 5.41) is 10.5. The summed E-state index contributed by atoms with van der Waals surface area (Å²) in [4.78, 5) is 0. The minimum Gasteiger partial charge on any atom is -0.385 e. The van der Waals surface area contributed by atoms with Crippen molar-refractivity contribution >= 4 is 22.6 Å². The van der Waals surface area contributed by atoms with Gasteiger partial charge in [0.2, 0.25) is 0 Å². The first-order chi connectivity index (χ1) is 9.68. The van der Waals surface area contributed by atoms with E-state index < -0.39 is 17.3 Å². The minimum atomic E-state index is -4.37. The van der Waals surface area contributed by atoms with E-state index in [-0.39, 0.29) is 6.42 Å². The van der Waals surface area contributed by atoms with Crippen molar-refractivity contribution in [2.45, 2.75) is 25.1 Å². The normalized spacial score (nSPS) is 14.8. The molecule has 0 amide bonds. The van der Waals surface area contributed by atoms with Crippen molar-refractivity contribution < 1.29 is 18.3 Å². The zero-order chi connectivity index (χ0) is 15.7. The van der Waals surface area contributed by atoms with Crippen molar-refractivity contribution in [1.82, 2.24) is 0 Å². The summed E-state index contributed by atoms with van der Waals surface area (Å²) in [5.74, 6) is 0. The number of halogens is 4. The summed E-state index contributed by atoms with van der Waals surface area (Å²) in [6.07, 6.45) is -4.25. The zero-order valence-electron chi connectivity index (χ0n) is 11.3. The van der Waals surface area contributed by atoms with Crippen molar-refractivity contribution in [3.05, 3.63) is 68.8 Å². The van der Waals surface area contributed by atoms with Gasteiger partial charge in [-0.05, 0) is 58.8 Å². The predicted molar refractivity (Wildman–Crippen MR) is 83.9 cm³/mol. The first kappa shape index (κ1) is 16.3. The van der Waals surface area contributed by atoms with Crippen LogP contribution in [0.15, 0.2) is 48.5 Å². The highest BCUT2D eigenvalue weighted by Gasteiger charge is 2.31. The van der Waals surface area contributed by atoms with Crippen molar-refractivity contribution in [2.24, 2.45) is 0 Å². The number of hydrogen-bond donors (Lipinski definition) is 1. The molecule has 0 saturated carbocycles. The Kier molecular flexibility index (Phi) is 4.63. The van der Waals surface area contributed by atoms with Crippen LogP contribution in [0, 0.1) is 3.57 Å². The van der Waals surface area contributed by atoms with E-state index in [0.29, 0.717) is 11.1 Å². The molecule has 1 N–H and O–H groups in total. The van der Waals surface area contributed by atoms with Crippen LogP contribution in [-0.2, 0) is 18.2 Å². The van der Waals surface area contributed by atoms with Gasteiger partial charge in [-0.25, -0.2) is 0 Å². The van der Waals surface area contributed by atoms with Crippen LogP contribution in [-0.4, -0.2) is 5.11 Å². The van der Waals surface area contributed by atoms with E-state index in [2.05, 4.69) is 22.6 Å². The summed E-state index contributed by atoms with van der Waals surface area (Å²) >= 11 is 2.15. The molecule has 0 bridgehead atoms. The van der Waals surface area contributed by atoms with Crippen LogP contribution in [0.1, 0.15) is 23.6 Å². The molecule has 0 aliphatic carbocycles. The van der Waals surface area contributed by atoms with E-state index in [1.807, 2.05) is 12.1 Å². The maximum atomic E-state index is 12.7. The van der Waals surface area contributed by atoms with Gasteiger partial charge in [-0.3, -0.25) is 0 Å². The number of aliphatic hydroxyl groups is 1. The van der Waals surface area contributed by atoms with Crippen molar-refractivity contribution in [3.63, 3.8) is 0 Å². The Morgan fingerprint density at radius 1 is 1.00 bits per heavy atom. The molecule has 0 fully saturated rings. The second-order valence-electron chi connectivity index (χ2n) is 5.16. The average Bonchev–Trinajstić information content (AvgIpc) is 2.38. The molecule has 0 aromatic heterocycles. The lowest BCUT2D eigenvalue weighted by molar-refractivity contribution is -0.137. The van der Waals surface area contributed by atoms with Crippen LogP contribution >= 0.6 is 22.6 Å². The van der Waals surface area contributed by atoms with Gasteiger partial charge in [0.1, 0.15) is 0 Å². The number of alkyl halides is 3. The molecule has 0 aliphatic heterocycles. The highest BCUT2D eigenvalue weighted by atomic mass is 127. The maximum Gasteiger partial charge on any atom is 0.416 e. The summed E-state index contributed by atoms with van der Waals surface area (Å²) in [6.45, 7) is 1.61. The first-order valence-corrected chi connectivity index (χ1v) is 7.41.